The van der Waals surface area contributed by atoms with E-state index in [9.17, 15) is 24.5 Å². The number of carbonyl (C=O) groups excluding carboxylic acids is 3. The van der Waals surface area contributed by atoms with Gasteiger partial charge in [0.15, 0.2) is 18.1 Å². The lowest BCUT2D eigenvalue weighted by atomic mass is 10.1. The maximum Gasteiger partial charge on any atom is 0.343 e. The van der Waals surface area contributed by atoms with Crippen LogP contribution < -0.4 is 9.47 Å². The molecule has 0 atom stereocenters. The highest BCUT2D eigenvalue weighted by Gasteiger charge is 2.35. The van der Waals surface area contributed by atoms with Gasteiger partial charge in [-0.3, -0.25) is 24.6 Å². The summed E-state index contributed by atoms with van der Waals surface area (Å²) in [5.74, 6) is -0.434. The zero-order valence-electron chi connectivity index (χ0n) is 17.4. The van der Waals surface area contributed by atoms with Crippen molar-refractivity contribution >= 4 is 56.6 Å². The van der Waals surface area contributed by atoms with Gasteiger partial charge in [0.1, 0.15) is 0 Å². The van der Waals surface area contributed by atoms with Gasteiger partial charge < -0.3 is 14.2 Å². The highest BCUT2D eigenvalue weighted by atomic mass is 79.9. The molecule has 10 nitrogen and oxygen atoms in total. The first-order valence-corrected chi connectivity index (χ1v) is 10.9. The summed E-state index contributed by atoms with van der Waals surface area (Å²) in [5.41, 5.74) is 1.06. The number of nitro benzene ring substituents is 1. The van der Waals surface area contributed by atoms with E-state index in [1.54, 1.807) is 12.1 Å². The SMILES string of the molecule is COC(=O)COc1cc(Br)c(/C=C2/SC(=O)N(Cc3ccc([N+](=O)[O-])cc3)C2=O)cc1OC. The molecule has 0 radical (unpaired) electrons. The summed E-state index contributed by atoms with van der Waals surface area (Å²) in [6, 6.07) is 8.81. The Kier molecular flexibility index (Phi) is 7.71. The monoisotopic (exact) mass is 536 g/mol. The van der Waals surface area contributed by atoms with Crippen molar-refractivity contribution in [3.05, 3.63) is 67.0 Å². The molecule has 0 aromatic heterocycles. The topological polar surface area (TPSA) is 125 Å². The van der Waals surface area contributed by atoms with E-state index < -0.39 is 22.0 Å². The fraction of sp³-hybridized carbons (Fsp3) is 0.190. The zero-order valence-corrected chi connectivity index (χ0v) is 19.8. The molecule has 2 amide bonds. The smallest absolute Gasteiger partial charge is 0.343 e. The Balaban J connectivity index is 1.80. The van der Waals surface area contributed by atoms with E-state index in [2.05, 4.69) is 20.7 Å². The lowest BCUT2D eigenvalue weighted by Gasteiger charge is -2.13. The number of non-ortho nitro benzene ring substituents is 1. The molecule has 3 rings (SSSR count). The van der Waals surface area contributed by atoms with Crippen molar-refractivity contribution in [1.82, 2.24) is 4.90 Å². The van der Waals surface area contributed by atoms with Gasteiger partial charge in [-0.2, -0.15) is 0 Å². The number of imide groups is 1. The number of benzene rings is 2. The van der Waals surface area contributed by atoms with Gasteiger partial charge in [0.2, 0.25) is 0 Å². The van der Waals surface area contributed by atoms with Crippen LogP contribution in [0.1, 0.15) is 11.1 Å². The number of amides is 2. The molecule has 0 spiro atoms. The number of methoxy groups -OCH3 is 2. The quantitative estimate of drug-likeness (QED) is 0.211. The second-order valence-corrected chi connectivity index (χ2v) is 8.43. The molecule has 172 valence electrons. The number of rotatable bonds is 8. The van der Waals surface area contributed by atoms with E-state index in [0.29, 0.717) is 27.1 Å². The molecule has 33 heavy (non-hydrogen) atoms. The van der Waals surface area contributed by atoms with Crippen LogP contribution in [0.5, 0.6) is 11.5 Å². The Morgan fingerprint density at radius 1 is 1.18 bits per heavy atom. The summed E-state index contributed by atoms with van der Waals surface area (Å²) in [4.78, 5) is 48.1. The predicted octanol–water partition coefficient (Wildman–Crippen LogP) is 4.15. The van der Waals surface area contributed by atoms with Crippen LogP contribution in [-0.2, 0) is 20.9 Å². The van der Waals surface area contributed by atoms with Gasteiger partial charge in [-0.05, 0) is 41.1 Å². The van der Waals surface area contributed by atoms with E-state index in [1.807, 2.05) is 0 Å². The lowest BCUT2D eigenvalue weighted by molar-refractivity contribution is -0.384. The molecule has 1 aliphatic rings. The predicted molar refractivity (Wildman–Crippen MR) is 123 cm³/mol. The molecular formula is C21H17BrN2O8S. The van der Waals surface area contributed by atoms with Crippen LogP contribution in [-0.4, -0.2) is 47.8 Å². The maximum atomic E-state index is 12.8. The molecule has 0 aliphatic carbocycles. The summed E-state index contributed by atoms with van der Waals surface area (Å²) in [5, 5.41) is 10.3. The average Bonchev–Trinajstić information content (AvgIpc) is 3.06. The number of halogens is 1. The molecule has 0 saturated carbocycles. The summed E-state index contributed by atoms with van der Waals surface area (Å²) in [6.07, 6.45) is 1.54. The van der Waals surface area contributed by atoms with Crippen molar-refractivity contribution in [3.8, 4) is 11.5 Å². The molecule has 2 aromatic rings. The van der Waals surface area contributed by atoms with Gasteiger partial charge in [0, 0.05) is 16.6 Å². The molecule has 0 N–H and O–H groups in total. The molecule has 2 aromatic carbocycles. The third-order valence-electron chi connectivity index (χ3n) is 4.50. The maximum absolute atomic E-state index is 12.8. The minimum atomic E-state index is -0.557. The van der Waals surface area contributed by atoms with E-state index >= 15 is 0 Å². The van der Waals surface area contributed by atoms with Crippen molar-refractivity contribution in [2.75, 3.05) is 20.8 Å². The van der Waals surface area contributed by atoms with Crippen molar-refractivity contribution in [2.45, 2.75) is 6.54 Å². The van der Waals surface area contributed by atoms with Gasteiger partial charge in [-0.25, -0.2) is 4.79 Å². The summed E-state index contributed by atoms with van der Waals surface area (Å²) < 4.78 is 15.8. The molecule has 0 unspecified atom stereocenters. The third-order valence-corrected chi connectivity index (χ3v) is 6.10. The first-order chi connectivity index (χ1) is 15.7. The van der Waals surface area contributed by atoms with E-state index in [-0.39, 0.29) is 23.7 Å². The molecule has 1 fully saturated rings. The average molecular weight is 537 g/mol. The minimum absolute atomic E-state index is 0.00913. The summed E-state index contributed by atoms with van der Waals surface area (Å²) in [6.45, 7) is -0.315. The number of thioether (sulfide) groups is 1. The third kappa shape index (κ3) is 5.71. The van der Waals surface area contributed by atoms with Crippen LogP contribution in [0.3, 0.4) is 0 Å². The normalized spacial score (nSPS) is 14.5. The van der Waals surface area contributed by atoms with Crippen LogP contribution in [0, 0.1) is 10.1 Å². The Morgan fingerprint density at radius 2 is 1.88 bits per heavy atom. The van der Waals surface area contributed by atoms with Crippen molar-refractivity contribution in [3.63, 3.8) is 0 Å². The standard InChI is InChI=1S/C21H17BrN2O8S/c1-30-16-7-13(15(22)9-17(16)32-11-19(25)31-2)8-18-20(26)23(21(27)33-18)10-12-3-5-14(6-4-12)24(28)29/h3-9H,10-11H2,1-2H3/b18-8+. The number of nitrogens with zero attached hydrogens (tertiary/aromatic N) is 2. The fourth-order valence-electron chi connectivity index (χ4n) is 2.81. The number of carbonyl (C=O) groups is 3. The lowest BCUT2D eigenvalue weighted by Crippen LogP contribution is -2.27. The number of ether oxygens (including phenoxy) is 3. The van der Waals surface area contributed by atoms with Crippen molar-refractivity contribution in [2.24, 2.45) is 0 Å². The number of esters is 1. The minimum Gasteiger partial charge on any atom is -0.493 e. The van der Waals surface area contributed by atoms with E-state index in [0.717, 1.165) is 16.7 Å². The molecule has 12 heteroatoms. The van der Waals surface area contributed by atoms with Crippen LogP contribution in [0.2, 0.25) is 0 Å². The Hall–Kier alpha value is -3.38. The van der Waals surface area contributed by atoms with Gasteiger partial charge in [-0.1, -0.05) is 28.1 Å². The van der Waals surface area contributed by atoms with Gasteiger partial charge in [-0.15, -0.1) is 0 Å². The Labute approximate surface area is 200 Å². The van der Waals surface area contributed by atoms with Crippen molar-refractivity contribution < 1.29 is 33.5 Å². The molecule has 1 heterocycles. The van der Waals surface area contributed by atoms with Crippen LogP contribution in [0.4, 0.5) is 10.5 Å². The fourth-order valence-corrected chi connectivity index (χ4v) is 4.08. The molecule has 1 saturated heterocycles. The Morgan fingerprint density at radius 3 is 2.48 bits per heavy atom. The van der Waals surface area contributed by atoms with Crippen LogP contribution in [0.25, 0.3) is 6.08 Å². The zero-order chi connectivity index (χ0) is 24.1. The second kappa shape index (κ2) is 10.5. The highest BCUT2D eigenvalue weighted by molar-refractivity contribution is 9.10. The molecule has 1 aliphatic heterocycles. The van der Waals surface area contributed by atoms with Gasteiger partial charge in [0.25, 0.3) is 16.8 Å². The van der Waals surface area contributed by atoms with Crippen LogP contribution >= 0.6 is 27.7 Å². The second-order valence-electron chi connectivity index (χ2n) is 6.58. The molecular weight excluding hydrogens is 520 g/mol. The summed E-state index contributed by atoms with van der Waals surface area (Å²) >= 11 is 4.18. The Bertz CT molecular complexity index is 1150. The molecule has 0 bridgehead atoms. The van der Waals surface area contributed by atoms with Gasteiger partial charge >= 0.3 is 5.97 Å². The largest absolute Gasteiger partial charge is 0.493 e. The number of hydrogen-bond acceptors (Lipinski definition) is 9. The van der Waals surface area contributed by atoms with Crippen LogP contribution in [0.15, 0.2) is 45.8 Å². The first kappa shape index (κ1) is 24.3. The van der Waals surface area contributed by atoms with Crippen molar-refractivity contribution in [1.29, 1.82) is 0 Å². The van der Waals surface area contributed by atoms with E-state index in [4.69, 9.17) is 9.47 Å². The van der Waals surface area contributed by atoms with E-state index in [1.165, 1.54) is 44.6 Å². The first-order valence-electron chi connectivity index (χ1n) is 9.29. The summed E-state index contributed by atoms with van der Waals surface area (Å²) in [7, 11) is 2.67. The number of hydrogen-bond donors (Lipinski definition) is 0. The number of nitro groups is 1. The highest BCUT2D eigenvalue weighted by Crippen LogP contribution is 2.38. The van der Waals surface area contributed by atoms with Gasteiger partial charge in [0.05, 0.1) is 30.6 Å².